The number of carbonyl (C=O) groups excluding carboxylic acids is 2. The van der Waals surface area contributed by atoms with E-state index in [9.17, 15) is 9.59 Å². The van der Waals surface area contributed by atoms with Gasteiger partial charge in [0.05, 0.1) is 16.9 Å². The average Bonchev–Trinajstić information content (AvgIpc) is 3.21. The molecule has 0 saturated heterocycles. The van der Waals surface area contributed by atoms with Crippen LogP contribution in [0.3, 0.4) is 0 Å². The monoisotopic (exact) mass is 461 g/mol. The van der Waals surface area contributed by atoms with Crippen LogP contribution in [0, 0.1) is 0 Å². The smallest absolute Gasteiger partial charge is 0.318 e. The molecule has 0 aliphatic carbocycles. The summed E-state index contributed by atoms with van der Waals surface area (Å²) in [5.41, 5.74) is 5.06. The van der Waals surface area contributed by atoms with Gasteiger partial charge in [0.2, 0.25) is 0 Å². The van der Waals surface area contributed by atoms with Crippen molar-refractivity contribution in [2.45, 2.75) is 59.8 Å². The minimum atomic E-state index is -0.463. The van der Waals surface area contributed by atoms with Crippen molar-refractivity contribution in [3.63, 3.8) is 0 Å². The molecule has 7 heteroatoms. The van der Waals surface area contributed by atoms with Crippen LogP contribution in [0.25, 0.3) is 16.6 Å². The molecule has 34 heavy (non-hydrogen) atoms. The Bertz CT molecular complexity index is 1220. The van der Waals surface area contributed by atoms with Crippen LogP contribution in [0.4, 0.5) is 0 Å². The first-order valence-electron chi connectivity index (χ1n) is 11.6. The van der Waals surface area contributed by atoms with Crippen molar-refractivity contribution >= 4 is 34.3 Å². The fourth-order valence-corrected chi connectivity index (χ4v) is 3.76. The van der Waals surface area contributed by atoms with E-state index in [1.165, 1.54) is 13.8 Å². The Morgan fingerprint density at radius 3 is 2.35 bits per heavy atom. The molecule has 0 bridgehead atoms. The van der Waals surface area contributed by atoms with E-state index in [2.05, 4.69) is 21.8 Å². The molecule has 0 spiro atoms. The summed E-state index contributed by atoms with van der Waals surface area (Å²) < 4.78 is 2.09. The predicted octanol–water partition coefficient (Wildman–Crippen LogP) is 6.16. The van der Waals surface area contributed by atoms with E-state index in [4.69, 9.17) is 9.68 Å². The molecule has 2 aromatic carbocycles. The molecule has 0 unspecified atom stereocenters. The number of carbonyl (C=O) groups is 2. The van der Waals surface area contributed by atoms with Crippen LogP contribution in [0.15, 0.2) is 65.0 Å². The van der Waals surface area contributed by atoms with Crippen LogP contribution in [0.1, 0.15) is 70.9 Å². The topological polar surface area (TPSA) is 82.2 Å². The molecule has 3 aromatic rings. The molecule has 0 atom stereocenters. The van der Waals surface area contributed by atoms with Gasteiger partial charge in [0, 0.05) is 42.2 Å². The van der Waals surface area contributed by atoms with Gasteiger partial charge < -0.3 is 14.2 Å². The van der Waals surface area contributed by atoms with Gasteiger partial charge in [-0.2, -0.15) is 0 Å². The zero-order valence-corrected chi connectivity index (χ0v) is 20.2. The molecule has 7 nitrogen and oxygen atoms in total. The Labute approximate surface area is 200 Å². The number of benzene rings is 2. The number of oxime groups is 2. The van der Waals surface area contributed by atoms with Crippen molar-refractivity contribution in [1.82, 2.24) is 4.57 Å². The van der Waals surface area contributed by atoms with Crippen molar-refractivity contribution in [2.75, 3.05) is 0 Å². The van der Waals surface area contributed by atoms with Gasteiger partial charge in [-0.3, -0.25) is 0 Å². The molecule has 3 rings (SSSR count). The summed E-state index contributed by atoms with van der Waals surface area (Å²) in [7, 11) is 0. The van der Waals surface area contributed by atoms with Gasteiger partial charge in [0.15, 0.2) is 0 Å². The number of hydrogen-bond donors (Lipinski definition) is 0. The molecule has 0 radical (unpaired) electrons. The first-order chi connectivity index (χ1) is 16.4. The number of rotatable bonds is 10. The molecular weight excluding hydrogens is 430 g/mol. The minimum absolute atomic E-state index is 0.440. The summed E-state index contributed by atoms with van der Waals surface area (Å²) in [6, 6.07) is 15.9. The maximum Gasteiger partial charge on any atom is 0.331 e. The lowest BCUT2D eigenvalue weighted by Crippen LogP contribution is -2.04. The number of unbranched alkanes of at least 4 members (excludes halogenated alkanes) is 3. The Kier molecular flexibility index (Phi) is 8.73. The van der Waals surface area contributed by atoms with E-state index in [1.54, 1.807) is 6.92 Å². The highest BCUT2D eigenvalue weighted by atomic mass is 16.7. The Hall–Kier alpha value is -3.74. The summed E-state index contributed by atoms with van der Waals surface area (Å²) in [5.74, 6) is -0.903. The first kappa shape index (κ1) is 24.9. The van der Waals surface area contributed by atoms with Crippen molar-refractivity contribution in [3.05, 3.63) is 65.9 Å². The van der Waals surface area contributed by atoms with Gasteiger partial charge in [-0.1, -0.05) is 66.8 Å². The Morgan fingerprint density at radius 2 is 1.62 bits per heavy atom. The molecule has 1 heterocycles. The standard InChI is InChI=1S/C27H31N3O4/c1-5-6-7-8-15-26(29-34-21(4)32)25-18-30(27-16-10-9-14-24(25)27)23-13-11-12-22(17-23)19(2)28-33-20(3)31/h9-14,16-18H,5-8,15H2,1-4H3/b28-19+,29-26+. The fraction of sp³-hybridized carbons (Fsp3) is 0.333. The van der Waals surface area contributed by atoms with Gasteiger partial charge in [0.25, 0.3) is 0 Å². The second-order valence-corrected chi connectivity index (χ2v) is 8.17. The zero-order chi connectivity index (χ0) is 24.5. The minimum Gasteiger partial charge on any atom is -0.318 e. The van der Waals surface area contributed by atoms with Gasteiger partial charge in [0.1, 0.15) is 0 Å². The number of hydrogen-bond acceptors (Lipinski definition) is 6. The van der Waals surface area contributed by atoms with E-state index in [0.29, 0.717) is 5.71 Å². The molecule has 0 amide bonds. The van der Waals surface area contributed by atoms with Crippen LogP contribution in [0.2, 0.25) is 0 Å². The third-order valence-electron chi connectivity index (χ3n) is 5.43. The normalized spacial score (nSPS) is 12.1. The summed E-state index contributed by atoms with van der Waals surface area (Å²) in [5, 5.41) is 9.15. The summed E-state index contributed by atoms with van der Waals surface area (Å²) in [4.78, 5) is 32.4. The zero-order valence-electron chi connectivity index (χ0n) is 20.2. The third-order valence-corrected chi connectivity index (χ3v) is 5.43. The Morgan fingerprint density at radius 1 is 0.882 bits per heavy atom. The lowest BCUT2D eigenvalue weighted by molar-refractivity contribution is -0.141. The first-order valence-corrected chi connectivity index (χ1v) is 11.6. The predicted molar refractivity (Wildman–Crippen MR) is 134 cm³/mol. The highest BCUT2D eigenvalue weighted by Gasteiger charge is 2.16. The van der Waals surface area contributed by atoms with E-state index in [-0.39, 0.29) is 0 Å². The van der Waals surface area contributed by atoms with Crippen molar-refractivity contribution in [1.29, 1.82) is 0 Å². The molecule has 0 fully saturated rings. The van der Waals surface area contributed by atoms with Gasteiger partial charge in [-0.25, -0.2) is 9.59 Å². The van der Waals surface area contributed by atoms with Crippen molar-refractivity contribution in [3.8, 4) is 5.69 Å². The van der Waals surface area contributed by atoms with E-state index in [0.717, 1.165) is 65.5 Å². The maximum atomic E-state index is 11.5. The molecule has 178 valence electrons. The Balaban J connectivity index is 2.05. The fourth-order valence-electron chi connectivity index (χ4n) is 3.76. The van der Waals surface area contributed by atoms with Gasteiger partial charge in [-0.15, -0.1) is 0 Å². The van der Waals surface area contributed by atoms with E-state index in [1.807, 2.05) is 54.7 Å². The quantitative estimate of drug-likeness (QED) is 0.157. The third kappa shape index (κ3) is 6.41. The summed E-state index contributed by atoms with van der Waals surface area (Å²) >= 11 is 0. The SMILES string of the molecule is CCCCCC/C(=N\OC(C)=O)c1cn(-c2cccc(/C(C)=N/OC(C)=O)c2)c2ccccc12. The molecular formula is C27H31N3O4. The van der Waals surface area contributed by atoms with Crippen molar-refractivity contribution < 1.29 is 19.3 Å². The number of para-hydroxylation sites is 1. The average molecular weight is 462 g/mol. The number of aromatic nitrogens is 1. The lowest BCUT2D eigenvalue weighted by Gasteiger charge is -2.08. The summed E-state index contributed by atoms with van der Waals surface area (Å²) in [6.45, 7) is 6.64. The highest BCUT2D eigenvalue weighted by molar-refractivity contribution is 6.11. The lowest BCUT2D eigenvalue weighted by atomic mass is 10.0. The van der Waals surface area contributed by atoms with Crippen LogP contribution < -0.4 is 0 Å². The second kappa shape index (κ2) is 11.9. The van der Waals surface area contributed by atoms with E-state index < -0.39 is 11.9 Å². The maximum absolute atomic E-state index is 11.5. The van der Waals surface area contributed by atoms with Crippen LogP contribution in [-0.4, -0.2) is 27.9 Å². The second-order valence-electron chi connectivity index (χ2n) is 8.17. The van der Waals surface area contributed by atoms with Gasteiger partial charge in [-0.05, 0) is 38.0 Å². The molecule has 0 aliphatic rings. The molecule has 0 N–H and O–H groups in total. The largest absolute Gasteiger partial charge is 0.331 e. The number of fused-ring (bicyclic) bond motifs is 1. The number of nitrogens with zero attached hydrogens (tertiary/aromatic N) is 3. The van der Waals surface area contributed by atoms with Crippen LogP contribution in [0.5, 0.6) is 0 Å². The summed E-state index contributed by atoms with van der Waals surface area (Å²) in [6.07, 6.45) is 7.11. The highest BCUT2D eigenvalue weighted by Crippen LogP contribution is 2.27. The molecule has 0 aliphatic heterocycles. The van der Waals surface area contributed by atoms with E-state index >= 15 is 0 Å². The van der Waals surface area contributed by atoms with Crippen LogP contribution in [-0.2, 0) is 19.3 Å². The molecule has 1 aromatic heterocycles. The van der Waals surface area contributed by atoms with Crippen molar-refractivity contribution in [2.24, 2.45) is 10.3 Å². The van der Waals surface area contributed by atoms with Gasteiger partial charge >= 0.3 is 11.9 Å². The molecule has 0 saturated carbocycles. The van der Waals surface area contributed by atoms with Crippen LogP contribution >= 0.6 is 0 Å².